The van der Waals surface area contributed by atoms with Gasteiger partial charge in [0.25, 0.3) is 5.91 Å². The van der Waals surface area contributed by atoms with E-state index in [9.17, 15) is 18.4 Å². The average molecular weight is 449 g/mol. The van der Waals surface area contributed by atoms with E-state index in [-0.39, 0.29) is 47.0 Å². The highest BCUT2D eigenvalue weighted by molar-refractivity contribution is 6.30. The standard InChI is InChI=1S/C23H23ClF2N2O3/c24-18-6-5-17(9-19(18)26)31-13-21(29)28-20-12-23(10-15(20)11-23)22(30)27-8-7-14-1-3-16(25)4-2-14/h1-6,9,15,20H,7-8,10-13H2,(H,27,30)(H,28,29)/t15?,20-,23?/m0/s1. The van der Waals surface area contributed by atoms with Crippen LogP contribution < -0.4 is 15.4 Å². The van der Waals surface area contributed by atoms with Crippen molar-refractivity contribution >= 4 is 23.4 Å². The summed E-state index contributed by atoms with van der Waals surface area (Å²) in [5.41, 5.74) is 0.536. The Bertz CT molecular complexity index is 977. The Labute approximate surface area is 184 Å². The molecule has 0 heterocycles. The number of amides is 2. The third-order valence-corrected chi connectivity index (χ3v) is 6.49. The van der Waals surface area contributed by atoms with Crippen molar-refractivity contribution < 1.29 is 23.1 Å². The average Bonchev–Trinajstić information content (AvgIpc) is 3.25. The Morgan fingerprint density at radius 3 is 2.55 bits per heavy atom. The lowest BCUT2D eigenvalue weighted by atomic mass is 9.69. The van der Waals surface area contributed by atoms with Gasteiger partial charge >= 0.3 is 0 Å². The maximum Gasteiger partial charge on any atom is 0.258 e. The number of nitrogens with one attached hydrogen (secondary N) is 2. The van der Waals surface area contributed by atoms with Crippen LogP contribution in [-0.2, 0) is 16.0 Å². The zero-order chi connectivity index (χ0) is 22.0. The van der Waals surface area contributed by atoms with E-state index in [1.54, 1.807) is 12.1 Å². The molecule has 0 saturated heterocycles. The zero-order valence-corrected chi connectivity index (χ0v) is 17.6. The van der Waals surface area contributed by atoms with Crippen LogP contribution in [0.2, 0.25) is 5.02 Å². The maximum absolute atomic E-state index is 13.4. The first-order chi connectivity index (χ1) is 14.8. The van der Waals surface area contributed by atoms with Gasteiger partial charge in [0.15, 0.2) is 6.61 Å². The van der Waals surface area contributed by atoms with E-state index in [1.807, 2.05) is 0 Å². The highest BCUT2D eigenvalue weighted by atomic mass is 35.5. The summed E-state index contributed by atoms with van der Waals surface area (Å²) in [7, 11) is 0. The molecule has 2 aromatic rings. The Kier molecular flexibility index (Phi) is 6.14. The zero-order valence-electron chi connectivity index (χ0n) is 16.8. The van der Waals surface area contributed by atoms with Crippen molar-refractivity contribution in [2.24, 2.45) is 11.3 Å². The molecule has 3 aliphatic rings. The minimum absolute atomic E-state index is 0.00972. The first-order valence-electron chi connectivity index (χ1n) is 10.2. The van der Waals surface area contributed by atoms with Gasteiger partial charge in [0.05, 0.1) is 10.4 Å². The van der Waals surface area contributed by atoms with Crippen molar-refractivity contribution in [1.82, 2.24) is 10.6 Å². The number of rotatable bonds is 8. The second-order valence-corrected chi connectivity index (χ2v) is 8.73. The molecule has 3 fully saturated rings. The Morgan fingerprint density at radius 1 is 1.10 bits per heavy atom. The molecule has 31 heavy (non-hydrogen) atoms. The fourth-order valence-electron chi connectivity index (χ4n) is 4.55. The van der Waals surface area contributed by atoms with Crippen LogP contribution in [0, 0.1) is 23.0 Å². The summed E-state index contributed by atoms with van der Waals surface area (Å²) in [6.07, 6.45) is 2.74. The molecule has 0 unspecified atom stereocenters. The van der Waals surface area contributed by atoms with Gasteiger partial charge in [-0.1, -0.05) is 23.7 Å². The van der Waals surface area contributed by atoms with Crippen LogP contribution in [-0.4, -0.2) is 31.0 Å². The predicted octanol–water partition coefficient (Wildman–Crippen LogP) is 3.64. The topological polar surface area (TPSA) is 67.4 Å². The molecule has 2 N–H and O–H groups in total. The van der Waals surface area contributed by atoms with E-state index < -0.39 is 11.2 Å². The van der Waals surface area contributed by atoms with Crippen LogP contribution in [0.5, 0.6) is 5.75 Å². The number of halogens is 3. The molecule has 0 spiro atoms. The number of hydrogen-bond acceptors (Lipinski definition) is 3. The van der Waals surface area contributed by atoms with Crippen LogP contribution in [0.15, 0.2) is 42.5 Å². The second kappa shape index (κ2) is 8.83. The molecule has 5 nitrogen and oxygen atoms in total. The van der Waals surface area contributed by atoms with Crippen LogP contribution in [0.4, 0.5) is 8.78 Å². The molecule has 8 heteroatoms. The van der Waals surface area contributed by atoms with E-state index in [1.165, 1.54) is 24.3 Å². The van der Waals surface area contributed by atoms with Gasteiger partial charge < -0.3 is 15.4 Å². The van der Waals surface area contributed by atoms with Gasteiger partial charge in [-0.15, -0.1) is 0 Å². The molecule has 3 aliphatic carbocycles. The number of carbonyl (C=O) groups is 2. The van der Waals surface area contributed by atoms with E-state index >= 15 is 0 Å². The van der Waals surface area contributed by atoms with Gasteiger partial charge in [0.1, 0.15) is 17.4 Å². The number of ether oxygens (including phenoxy) is 1. The first kappa shape index (κ1) is 21.6. The predicted molar refractivity (Wildman–Crippen MR) is 112 cm³/mol. The lowest BCUT2D eigenvalue weighted by Gasteiger charge is -2.36. The monoisotopic (exact) mass is 448 g/mol. The van der Waals surface area contributed by atoms with Gasteiger partial charge in [-0.3, -0.25) is 9.59 Å². The molecular weight excluding hydrogens is 426 g/mol. The largest absolute Gasteiger partial charge is 0.484 e. The summed E-state index contributed by atoms with van der Waals surface area (Å²) in [6.45, 7) is 0.251. The number of fused-ring (bicyclic) bond motifs is 1. The number of benzene rings is 2. The second-order valence-electron chi connectivity index (χ2n) is 8.32. The molecule has 5 rings (SSSR count). The van der Waals surface area contributed by atoms with Gasteiger partial charge in [-0.05, 0) is 61.4 Å². The van der Waals surface area contributed by atoms with Gasteiger partial charge in [-0.25, -0.2) is 8.78 Å². The smallest absolute Gasteiger partial charge is 0.258 e. The van der Waals surface area contributed by atoms with Crippen molar-refractivity contribution in [1.29, 1.82) is 0 Å². The van der Waals surface area contributed by atoms with Crippen molar-refractivity contribution in [2.45, 2.75) is 31.7 Å². The summed E-state index contributed by atoms with van der Waals surface area (Å²) >= 11 is 5.63. The van der Waals surface area contributed by atoms with Crippen molar-refractivity contribution in [2.75, 3.05) is 13.2 Å². The highest BCUT2D eigenvalue weighted by Crippen LogP contribution is 2.58. The summed E-state index contributed by atoms with van der Waals surface area (Å²) in [6, 6.07) is 10.2. The summed E-state index contributed by atoms with van der Waals surface area (Å²) in [5, 5.41) is 5.90. The van der Waals surface area contributed by atoms with Crippen molar-refractivity contribution in [3.05, 3.63) is 64.7 Å². The first-order valence-corrected chi connectivity index (χ1v) is 10.6. The number of hydrogen-bond donors (Lipinski definition) is 2. The molecule has 164 valence electrons. The molecule has 3 saturated carbocycles. The van der Waals surface area contributed by atoms with Crippen molar-refractivity contribution in [3.8, 4) is 5.75 Å². The fourth-order valence-corrected chi connectivity index (χ4v) is 4.67. The summed E-state index contributed by atoms with van der Waals surface area (Å²) < 4.78 is 31.7. The summed E-state index contributed by atoms with van der Waals surface area (Å²) in [5.74, 6) is -0.680. The highest BCUT2D eigenvalue weighted by Gasteiger charge is 2.60. The lowest BCUT2D eigenvalue weighted by molar-refractivity contribution is -0.134. The van der Waals surface area contributed by atoms with Crippen molar-refractivity contribution in [3.63, 3.8) is 0 Å². The Morgan fingerprint density at radius 2 is 1.84 bits per heavy atom. The van der Waals surface area contributed by atoms with E-state index in [2.05, 4.69) is 10.6 Å². The number of carbonyl (C=O) groups excluding carboxylic acids is 2. The molecule has 0 aliphatic heterocycles. The molecule has 2 aromatic carbocycles. The molecule has 1 atom stereocenters. The van der Waals surface area contributed by atoms with E-state index in [0.29, 0.717) is 19.4 Å². The fraction of sp³-hybridized carbons (Fsp3) is 0.391. The van der Waals surface area contributed by atoms with Crippen LogP contribution in [0.1, 0.15) is 24.8 Å². The van der Waals surface area contributed by atoms with Gasteiger partial charge in [0.2, 0.25) is 5.91 Å². The minimum Gasteiger partial charge on any atom is -0.484 e. The molecule has 0 aromatic heterocycles. The Balaban J connectivity index is 1.21. The third kappa shape index (κ3) is 4.82. The van der Waals surface area contributed by atoms with Gasteiger partial charge in [-0.2, -0.15) is 0 Å². The molecule has 2 bridgehead atoms. The SMILES string of the molecule is O=C(COc1ccc(Cl)c(F)c1)N[C@H]1CC2(C(=O)NCCc3ccc(F)cc3)CC1C2. The quantitative estimate of drug-likeness (QED) is 0.648. The van der Waals surface area contributed by atoms with E-state index in [4.69, 9.17) is 16.3 Å². The lowest BCUT2D eigenvalue weighted by Crippen LogP contribution is -2.45. The molecular formula is C23H23ClF2N2O3. The van der Waals surface area contributed by atoms with Crippen LogP contribution in [0.3, 0.4) is 0 Å². The minimum atomic E-state index is -0.608. The maximum atomic E-state index is 13.4. The van der Waals surface area contributed by atoms with Crippen LogP contribution >= 0.6 is 11.6 Å². The van der Waals surface area contributed by atoms with E-state index in [0.717, 1.165) is 24.5 Å². The summed E-state index contributed by atoms with van der Waals surface area (Å²) in [4.78, 5) is 24.9. The van der Waals surface area contributed by atoms with Crippen LogP contribution in [0.25, 0.3) is 0 Å². The third-order valence-electron chi connectivity index (χ3n) is 6.19. The molecule has 2 amide bonds. The van der Waals surface area contributed by atoms with Gasteiger partial charge in [0, 0.05) is 18.7 Å². The Hall–Kier alpha value is -2.67. The molecule has 0 radical (unpaired) electrons. The normalized spacial score (nSPS) is 23.7.